The van der Waals surface area contributed by atoms with Crippen LogP contribution in [0.3, 0.4) is 0 Å². The lowest BCUT2D eigenvalue weighted by molar-refractivity contribution is 0.415. The van der Waals surface area contributed by atoms with E-state index in [0.29, 0.717) is 0 Å². The predicted molar refractivity (Wildman–Crippen MR) is 66.8 cm³/mol. The maximum Gasteiger partial charge on any atom is 0.119 e. The zero-order valence-corrected chi connectivity index (χ0v) is 10.0. The molecule has 3 N–H and O–H groups in total. The summed E-state index contributed by atoms with van der Waals surface area (Å²) in [6.07, 6.45) is 0.837. The van der Waals surface area contributed by atoms with Crippen LogP contribution in [0.2, 0.25) is 0 Å². The summed E-state index contributed by atoms with van der Waals surface area (Å²) in [4.78, 5) is 3.37. The lowest BCUT2D eigenvalue weighted by Crippen LogP contribution is -2.34. The summed E-state index contributed by atoms with van der Waals surface area (Å²) in [6.45, 7) is 4.05. The average Bonchev–Trinajstić information content (AvgIpc) is 2.55. The van der Waals surface area contributed by atoms with Crippen LogP contribution in [0.25, 0.3) is 10.9 Å². The molecule has 3 heteroatoms. The van der Waals surface area contributed by atoms with Crippen molar-refractivity contribution in [2.24, 2.45) is 5.73 Å². The molecule has 0 fully saturated rings. The molecular formula is C13H18N2O. The smallest absolute Gasteiger partial charge is 0.119 e. The van der Waals surface area contributed by atoms with Gasteiger partial charge in [0.1, 0.15) is 5.75 Å². The molecule has 1 aromatic heterocycles. The number of ether oxygens (including phenoxy) is 1. The van der Waals surface area contributed by atoms with E-state index in [-0.39, 0.29) is 5.54 Å². The molecule has 86 valence electrons. The van der Waals surface area contributed by atoms with Crippen LogP contribution in [0.4, 0.5) is 0 Å². The highest BCUT2D eigenvalue weighted by atomic mass is 16.5. The Kier molecular flexibility index (Phi) is 2.64. The number of nitrogens with two attached hydrogens (primary N) is 1. The van der Waals surface area contributed by atoms with E-state index < -0.39 is 0 Å². The van der Waals surface area contributed by atoms with Gasteiger partial charge in [0, 0.05) is 28.6 Å². The molecule has 0 radical (unpaired) electrons. The minimum atomic E-state index is -0.190. The van der Waals surface area contributed by atoms with E-state index in [1.807, 2.05) is 32.0 Å². The van der Waals surface area contributed by atoms with Crippen LogP contribution in [0.5, 0.6) is 5.75 Å². The third kappa shape index (κ3) is 2.36. The monoisotopic (exact) mass is 218 g/mol. The van der Waals surface area contributed by atoms with E-state index in [9.17, 15) is 0 Å². The van der Waals surface area contributed by atoms with Crippen molar-refractivity contribution in [3.63, 3.8) is 0 Å². The SMILES string of the molecule is COc1ccc2[nH]c(CC(C)(C)N)cc2c1. The maximum absolute atomic E-state index is 6.00. The van der Waals surface area contributed by atoms with Gasteiger partial charge in [-0.2, -0.15) is 0 Å². The second kappa shape index (κ2) is 3.83. The molecular weight excluding hydrogens is 200 g/mol. The van der Waals surface area contributed by atoms with E-state index in [4.69, 9.17) is 10.5 Å². The summed E-state index contributed by atoms with van der Waals surface area (Å²) in [5.41, 5.74) is 8.10. The Hall–Kier alpha value is -1.48. The molecule has 0 spiro atoms. The molecule has 0 aliphatic carbocycles. The van der Waals surface area contributed by atoms with Gasteiger partial charge in [-0.15, -0.1) is 0 Å². The molecule has 0 bridgehead atoms. The second-order valence-electron chi connectivity index (χ2n) is 4.91. The maximum atomic E-state index is 6.00. The first kappa shape index (κ1) is 11.0. The fourth-order valence-electron chi connectivity index (χ4n) is 1.88. The summed E-state index contributed by atoms with van der Waals surface area (Å²) in [6, 6.07) is 8.14. The van der Waals surface area contributed by atoms with Crippen molar-refractivity contribution in [3.8, 4) is 5.75 Å². The molecule has 2 aromatic rings. The summed E-state index contributed by atoms with van der Waals surface area (Å²) >= 11 is 0. The zero-order chi connectivity index (χ0) is 11.8. The van der Waals surface area contributed by atoms with Crippen molar-refractivity contribution in [2.75, 3.05) is 7.11 Å². The van der Waals surface area contributed by atoms with Gasteiger partial charge in [-0.25, -0.2) is 0 Å². The van der Waals surface area contributed by atoms with E-state index >= 15 is 0 Å². The Bertz CT molecular complexity index is 494. The number of hydrogen-bond acceptors (Lipinski definition) is 2. The molecule has 0 atom stereocenters. The van der Waals surface area contributed by atoms with Crippen molar-refractivity contribution >= 4 is 10.9 Å². The number of benzene rings is 1. The van der Waals surface area contributed by atoms with Crippen LogP contribution < -0.4 is 10.5 Å². The van der Waals surface area contributed by atoms with Crippen molar-refractivity contribution in [1.82, 2.24) is 4.98 Å². The van der Waals surface area contributed by atoms with Crippen molar-refractivity contribution in [2.45, 2.75) is 25.8 Å². The van der Waals surface area contributed by atoms with Crippen LogP contribution in [-0.2, 0) is 6.42 Å². The predicted octanol–water partition coefficient (Wildman–Crippen LogP) is 2.46. The molecule has 1 aromatic carbocycles. The van der Waals surface area contributed by atoms with Gasteiger partial charge >= 0.3 is 0 Å². The van der Waals surface area contributed by atoms with Crippen LogP contribution in [-0.4, -0.2) is 17.6 Å². The third-order valence-electron chi connectivity index (χ3n) is 2.53. The Labute approximate surface area is 95.6 Å². The molecule has 2 rings (SSSR count). The number of aromatic amines is 1. The summed E-state index contributed by atoms with van der Waals surface area (Å²) < 4.78 is 5.19. The van der Waals surface area contributed by atoms with E-state index in [1.54, 1.807) is 7.11 Å². The Morgan fingerprint density at radius 1 is 1.31 bits per heavy atom. The quantitative estimate of drug-likeness (QED) is 0.831. The number of fused-ring (bicyclic) bond motifs is 1. The van der Waals surface area contributed by atoms with Crippen molar-refractivity contribution in [3.05, 3.63) is 30.0 Å². The van der Waals surface area contributed by atoms with Crippen LogP contribution in [0, 0.1) is 0 Å². The minimum Gasteiger partial charge on any atom is -0.497 e. The summed E-state index contributed by atoms with van der Waals surface area (Å²) in [5, 5.41) is 1.17. The first-order valence-electron chi connectivity index (χ1n) is 5.42. The number of aromatic nitrogens is 1. The Morgan fingerprint density at radius 2 is 2.06 bits per heavy atom. The molecule has 1 heterocycles. The van der Waals surface area contributed by atoms with Gasteiger partial charge in [-0.1, -0.05) is 0 Å². The molecule has 3 nitrogen and oxygen atoms in total. The largest absolute Gasteiger partial charge is 0.497 e. The van der Waals surface area contributed by atoms with E-state index in [2.05, 4.69) is 11.1 Å². The number of hydrogen-bond donors (Lipinski definition) is 2. The highest BCUT2D eigenvalue weighted by molar-refractivity contribution is 5.81. The van der Waals surface area contributed by atoms with Gasteiger partial charge in [0.05, 0.1) is 7.11 Å². The number of nitrogens with one attached hydrogen (secondary N) is 1. The minimum absolute atomic E-state index is 0.190. The average molecular weight is 218 g/mol. The Balaban J connectivity index is 2.36. The van der Waals surface area contributed by atoms with Gasteiger partial charge in [-0.3, -0.25) is 0 Å². The molecule has 0 saturated heterocycles. The molecule has 0 unspecified atom stereocenters. The topological polar surface area (TPSA) is 51.0 Å². The number of methoxy groups -OCH3 is 1. The molecule has 0 saturated carbocycles. The van der Waals surface area contributed by atoms with Gasteiger partial charge in [0.15, 0.2) is 0 Å². The molecule has 16 heavy (non-hydrogen) atoms. The van der Waals surface area contributed by atoms with Crippen molar-refractivity contribution < 1.29 is 4.74 Å². The molecule has 0 aliphatic rings. The summed E-state index contributed by atoms with van der Waals surface area (Å²) in [5.74, 6) is 0.880. The van der Waals surface area contributed by atoms with Gasteiger partial charge < -0.3 is 15.5 Å². The van der Waals surface area contributed by atoms with E-state index in [1.165, 1.54) is 5.39 Å². The third-order valence-corrected chi connectivity index (χ3v) is 2.53. The number of H-pyrrole nitrogens is 1. The lowest BCUT2D eigenvalue weighted by Gasteiger charge is -2.16. The fraction of sp³-hybridized carbons (Fsp3) is 0.385. The lowest BCUT2D eigenvalue weighted by atomic mass is 10.0. The summed E-state index contributed by atoms with van der Waals surface area (Å²) in [7, 11) is 1.68. The van der Waals surface area contributed by atoms with Gasteiger partial charge in [0.2, 0.25) is 0 Å². The Morgan fingerprint density at radius 3 is 2.69 bits per heavy atom. The molecule has 0 aliphatic heterocycles. The highest BCUT2D eigenvalue weighted by Gasteiger charge is 2.13. The van der Waals surface area contributed by atoms with Gasteiger partial charge in [-0.05, 0) is 38.1 Å². The van der Waals surface area contributed by atoms with Crippen LogP contribution >= 0.6 is 0 Å². The standard InChI is InChI=1S/C13H18N2O/c1-13(2,14)8-10-6-9-7-11(16-3)4-5-12(9)15-10/h4-7,15H,8,14H2,1-3H3. The van der Waals surface area contributed by atoms with Gasteiger partial charge in [0.25, 0.3) is 0 Å². The number of rotatable bonds is 3. The van der Waals surface area contributed by atoms with Crippen LogP contribution in [0.15, 0.2) is 24.3 Å². The molecule has 0 amide bonds. The second-order valence-corrected chi connectivity index (χ2v) is 4.91. The van der Waals surface area contributed by atoms with E-state index in [0.717, 1.165) is 23.4 Å². The van der Waals surface area contributed by atoms with Crippen LogP contribution in [0.1, 0.15) is 19.5 Å². The van der Waals surface area contributed by atoms with Crippen molar-refractivity contribution in [1.29, 1.82) is 0 Å². The zero-order valence-electron chi connectivity index (χ0n) is 10.0. The highest BCUT2D eigenvalue weighted by Crippen LogP contribution is 2.22. The fourth-order valence-corrected chi connectivity index (χ4v) is 1.88. The first-order valence-corrected chi connectivity index (χ1v) is 5.42. The first-order chi connectivity index (χ1) is 7.48. The normalized spacial score (nSPS) is 12.0.